The van der Waals surface area contributed by atoms with Gasteiger partial charge < -0.3 is 0 Å². The van der Waals surface area contributed by atoms with Gasteiger partial charge >= 0.3 is 0 Å². The van der Waals surface area contributed by atoms with Crippen LogP contribution in [0.5, 0.6) is 0 Å². The predicted octanol–water partition coefficient (Wildman–Crippen LogP) is 3.02. The van der Waals surface area contributed by atoms with Crippen molar-refractivity contribution in [1.29, 1.82) is 0 Å². The van der Waals surface area contributed by atoms with E-state index in [1.165, 1.54) is 24.9 Å². The Balaban J connectivity index is 2.07. The smallest absolute Gasteiger partial charge is 0.228 e. The average molecular weight is 319 g/mol. The van der Waals surface area contributed by atoms with Crippen LogP contribution in [0.15, 0.2) is 12.3 Å². The zero-order chi connectivity index (χ0) is 14.0. The molecule has 0 N–H and O–H groups in total. The van der Waals surface area contributed by atoms with Crippen molar-refractivity contribution in [3.63, 3.8) is 0 Å². The molecular weight excluding hydrogens is 307 g/mol. The van der Waals surface area contributed by atoms with E-state index in [0.29, 0.717) is 34.6 Å². The fraction of sp³-hybridized carbons (Fsp3) is 0.417. The zero-order valence-corrected chi connectivity index (χ0v) is 12.6. The van der Waals surface area contributed by atoms with Crippen molar-refractivity contribution >= 4 is 51.8 Å². The minimum atomic E-state index is 0.0000381. The van der Waals surface area contributed by atoms with Crippen LogP contribution in [0.2, 0.25) is 10.0 Å². The molecular formula is C12H12Cl2N2O2S. The number of amides is 1. The number of hydrogen-bond acceptors (Lipinski definition) is 4. The third kappa shape index (κ3) is 3.61. The van der Waals surface area contributed by atoms with Crippen LogP contribution in [-0.2, 0) is 9.59 Å². The van der Waals surface area contributed by atoms with Crippen LogP contribution in [0, 0.1) is 5.92 Å². The molecule has 1 fully saturated rings. The van der Waals surface area contributed by atoms with Crippen LogP contribution in [0.3, 0.4) is 0 Å². The number of aromatic nitrogens is 1. The lowest BCUT2D eigenvalue weighted by Gasteiger charge is -2.15. The molecule has 4 nitrogen and oxygen atoms in total. The maximum Gasteiger partial charge on any atom is 0.228 e. The fourth-order valence-corrected chi connectivity index (χ4v) is 2.84. The molecule has 1 aromatic heterocycles. The number of hydrogen-bond donors (Lipinski definition) is 0. The molecule has 0 spiro atoms. The van der Waals surface area contributed by atoms with Gasteiger partial charge in [0.15, 0.2) is 5.12 Å². The number of nitrogens with zero attached hydrogens (tertiary/aromatic N) is 2. The summed E-state index contributed by atoms with van der Waals surface area (Å²) >= 11 is 13.0. The Labute approximate surface area is 125 Å². The topological polar surface area (TPSA) is 50.3 Å². The summed E-state index contributed by atoms with van der Waals surface area (Å²) in [6.45, 7) is 2.09. The highest BCUT2D eigenvalue weighted by Gasteiger charge is 2.31. The number of carbonyl (C=O) groups is 2. The third-order valence-corrected chi connectivity index (χ3v) is 4.55. The number of anilines is 1. The van der Waals surface area contributed by atoms with E-state index in [0.717, 1.165) is 0 Å². The van der Waals surface area contributed by atoms with Gasteiger partial charge in [-0.25, -0.2) is 4.98 Å². The summed E-state index contributed by atoms with van der Waals surface area (Å²) in [5, 5.41) is 0.806. The van der Waals surface area contributed by atoms with Gasteiger partial charge in [0.2, 0.25) is 5.91 Å². The standard InChI is InChI=1S/C12H12Cl2N2O2S/c1-7(17)19-6-8-2-12(18)16(5-8)11-3-9(13)10(14)4-15-11/h3-4,8H,2,5-6H2,1H3. The normalized spacial score (nSPS) is 19.0. The number of halogens is 2. The maximum absolute atomic E-state index is 11.9. The minimum Gasteiger partial charge on any atom is -0.296 e. The summed E-state index contributed by atoms with van der Waals surface area (Å²) in [4.78, 5) is 28.6. The van der Waals surface area contributed by atoms with E-state index in [9.17, 15) is 9.59 Å². The number of carbonyl (C=O) groups excluding carboxylic acids is 2. The molecule has 7 heteroatoms. The highest BCUT2D eigenvalue weighted by Crippen LogP contribution is 2.30. The summed E-state index contributed by atoms with van der Waals surface area (Å²) in [6.07, 6.45) is 1.87. The van der Waals surface area contributed by atoms with E-state index in [4.69, 9.17) is 23.2 Å². The lowest BCUT2D eigenvalue weighted by molar-refractivity contribution is -0.117. The maximum atomic E-state index is 11.9. The van der Waals surface area contributed by atoms with Crippen LogP contribution in [0.1, 0.15) is 13.3 Å². The van der Waals surface area contributed by atoms with Gasteiger partial charge in [-0.05, 0) is 5.92 Å². The molecule has 19 heavy (non-hydrogen) atoms. The van der Waals surface area contributed by atoms with Crippen LogP contribution in [0.4, 0.5) is 5.82 Å². The average Bonchev–Trinajstić information content (AvgIpc) is 2.72. The van der Waals surface area contributed by atoms with E-state index in [1.807, 2.05) is 0 Å². The highest BCUT2D eigenvalue weighted by atomic mass is 35.5. The number of thioether (sulfide) groups is 1. The monoisotopic (exact) mass is 318 g/mol. The summed E-state index contributed by atoms with van der Waals surface area (Å²) in [6, 6.07) is 1.59. The highest BCUT2D eigenvalue weighted by molar-refractivity contribution is 8.13. The van der Waals surface area contributed by atoms with Gasteiger partial charge in [0.25, 0.3) is 0 Å². The summed E-state index contributed by atoms with van der Waals surface area (Å²) in [5.74, 6) is 1.33. The van der Waals surface area contributed by atoms with Gasteiger partial charge in [0.05, 0.1) is 10.0 Å². The van der Waals surface area contributed by atoms with E-state index in [1.54, 1.807) is 11.0 Å². The van der Waals surface area contributed by atoms with Gasteiger partial charge in [-0.1, -0.05) is 35.0 Å². The second-order valence-electron chi connectivity index (χ2n) is 4.33. The third-order valence-electron chi connectivity index (χ3n) is 2.80. The molecule has 1 atom stereocenters. The van der Waals surface area contributed by atoms with Gasteiger partial charge in [-0.15, -0.1) is 0 Å². The second kappa shape index (κ2) is 6.11. The Hall–Kier alpha value is -0.780. The molecule has 0 radical (unpaired) electrons. The van der Waals surface area contributed by atoms with Crippen molar-refractivity contribution < 1.29 is 9.59 Å². The first-order chi connectivity index (χ1) is 8.97. The Morgan fingerprint density at radius 2 is 2.26 bits per heavy atom. The van der Waals surface area contributed by atoms with Gasteiger partial charge in [-0.2, -0.15) is 0 Å². The number of rotatable bonds is 3. The number of pyridine rings is 1. The molecule has 0 saturated carbocycles. The van der Waals surface area contributed by atoms with E-state index in [-0.39, 0.29) is 16.9 Å². The van der Waals surface area contributed by atoms with E-state index >= 15 is 0 Å². The van der Waals surface area contributed by atoms with Crippen molar-refractivity contribution in [2.75, 3.05) is 17.2 Å². The Bertz CT molecular complexity index is 524. The predicted molar refractivity (Wildman–Crippen MR) is 77.9 cm³/mol. The first-order valence-electron chi connectivity index (χ1n) is 5.72. The van der Waals surface area contributed by atoms with Crippen molar-refractivity contribution in [2.24, 2.45) is 5.92 Å². The largest absolute Gasteiger partial charge is 0.296 e. The Kier molecular flexibility index (Phi) is 4.71. The van der Waals surface area contributed by atoms with Crippen LogP contribution >= 0.6 is 35.0 Å². The minimum absolute atomic E-state index is 0.0000381. The van der Waals surface area contributed by atoms with Crippen molar-refractivity contribution in [2.45, 2.75) is 13.3 Å². The van der Waals surface area contributed by atoms with E-state index < -0.39 is 0 Å². The SMILES string of the molecule is CC(=O)SCC1CC(=O)N(c2cc(Cl)c(Cl)cn2)C1. The molecule has 2 rings (SSSR count). The van der Waals surface area contributed by atoms with Crippen molar-refractivity contribution in [3.05, 3.63) is 22.3 Å². The Morgan fingerprint density at radius 3 is 2.89 bits per heavy atom. The van der Waals surface area contributed by atoms with Crippen LogP contribution in [0.25, 0.3) is 0 Å². The molecule has 1 saturated heterocycles. The lowest BCUT2D eigenvalue weighted by atomic mass is 10.1. The molecule has 1 aliphatic heterocycles. The molecule has 0 aromatic carbocycles. The van der Waals surface area contributed by atoms with Crippen molar-refractivity contribution in [1.82, 2.24) is 4.98 Å². The summed E-state index contributed by atoms with van der Waals surface area (Å²) < 4.78 is 0. The first kappa shape index (κ1) is 14.6. The fourth-order valence-electron chi connectivity index (χ4n) is 1.90. The summed E-state index contributed by atoms with van der Waals surface area (Å²) in [5.41, 5.74) is 0. The summed E-state index contributed by atoms with van der Waals surface area (Å²) in [7, 11) is 0. The molecule has 102 valence electrons. The molecule has 1 unspecified atom stereocenters. The zero-order valence-electron chi connectivity index (χ0n) is 10.2. The second-order valence-corrected chi connectivity index (χ2v) is 6.35. The van der Waals surface area contributed by atoms with Crippen LogP contribution < -0.4 is 4.90 Å². The quantitative estimate of drug-likeness (QED) is 0.859. The molecule has 0 aliphatic carbocycles. The van der Waals surface area contributed by atoms with Crippen LogP contribution in [-0.4, -0.2) is 28.3 Å². The van der Waals surface area contributed by atoms with Crippen molar-refractivity contribution in [3.8, 4) is 0 Å². The van der Waals surface area contributed by atoms with Gasteiger partial charge in [0, 0.05) is 37.9 Å². The lowest BCUT2D eigenvalue weighted by Crippen LogP contribution is -2.25. The molecule has 2 heterocycles. The van der Waals surface area contributed by atoms with Gasteiger partial charge in [-0.3, -0.25) is 14.5 Å². The van der Waals surface area contributed by atoms with Gasteiger partial charge in [0.1, 0.15) is 5.82 Å². The molecule has 0 bridgehead atoms. The van der Waals surface area contributed by atoms with E-state index in [2.05, 4.69) is 4.98 Å². The molecule has 1 amide bonds. The molecule has 1 aromatic rings. The Morgan fingerprint density at radius 1 is 1.53 bits per heavy atom. The molecule has 1 aliphatic rings. The first-order valence-corrected chi connectivity index (χ1v) is 7.46.